The highest BCUT2D eigenvalue weighted by Gasteiger charge is 2.29. The summed E-state index contributed by atoms with van der Waals surface area (Å²) in [5.41, 5.74) is 0.920. The van der Waals surface area contributed by atoms with Gasteiger partial charge in [-0.1, -0.05) is 17.9 Å². The lowest BCUT2D eigenvalue weighted by Gasteiger charge is -2.41. The third-order valence-corrected chi connectivity index (χ3v) is 3.59. The van der Waals surface area contributed by atoms with Crippen LogP contribution in [0.3, 0.4) is 0 Å². The van der Waals surface area contributed by atoms with E-state index in [9.17, 15) is 0 Å². The van der Waals surface area contributed by atoms with E-state index in [1.54, 1.807) is 0 Å². The highest BCUT2D eigenvalue weighted by atomic mass is 16.5. The lowest BCUT2D eigenvalue weighted by molar-refractivity contribution is -0.0547. The topological polar surface area (TPSA) is 41.9 Å². The Kier molecular flexibility index (Phi) is 5.63. The van der Waals surface area contributed by atoms with Gasteiger partial charge in [0, 0.05) is 24.2 Å². The Bertz CT molecular complexity index is 516. The van der Waals surface area contributed by atoms with E-state index in [4.69, 9.17) is 14.6 Å². The molecule has 114 valence electrons. The van der Waals surface area contributed by atoms with E-state index in [1.807, 2.05) is 24.3 Å². The van der Waals surface area contributed by atoms with Crippen molar-refractivity contribution in [3.8, 4) is 17.6 Å². The first-order valence-electron chi connectivity index (χ1n) is 7.27. The van der Waals surface area contributed by atoms with Crippen molar-refractivity contribution in [2.24, 2.45) is 0 Å². The average Bonchev–Trinajstić information content (AvgIpc) is 2.47. The predicted octanol–water partition coefficient (Wildman–Crippen LogP) is 1.52. The fourth-order valence-corrected chi connectivity index (χ4v) is 2.38. The Balaban J connectivity index is 1.85. The Hall–Kier alpha value is -1.54. The van der Waals surface area contributed by atoms with Gasteiger partial charge in [0.2, 0.25) is 0 Å². The zero-order chi connectivity index (χ0) is 15.1. The number of benzene rings is 1. The molecule has 0 spiro atoms. The van der Waals surface area contributed by atoms with Crippen LogP contribution in [0.25, 0.3) is 0 Å². The minimum absolute atomic E-state index is 0.0655. The van der Waals surface area contributed by atoms with Crippen LogP contribution in [-0.4, -0.2) is 55.1 Å². The van der Waals surface area contributed by atoms with Gasteiger partial charge in [0.05, 0.1) is 13.2 Å². The lowest BCUT2D eigenvalue weighted by atomic mass is 10.0. The number of nitrogens with zero attached hydrogens (tertiary/aromatic N) is 1. The van der Waals surface area contributed by atoms with Gasteiger partial charge in [-0.3, -0.25) is 4.90 Å². The minimum atomic E-state index is -0.128. The third-order valence-electron chi connectivity index (χ3n) is 3.59. The standard InChI is InChI=1S/C17H23NO3/c1-17(2)14-20-11-8-18(17)9-12-21-16-7-3-5-15(13-16)6-4-10-19/h3,5,7,13,19H,8-12,14H2,1-2H3. The van der Waals surface area contributed by atoms with Crippen LogP contribution in [0, 0.1) is 11.8 Å². The molecule has 0 aliphatic carbocycles. The van der Waals surface area contributed by atoms with E-state index >= 15 is 0 Å². The van der Waals surface area contributed by atoms with Crippen LogP contribution >= 0.6 is 0 Å². The average molecular weight is 289 g/mol. The summed E-state index contributed by atoms with van der Waals surface area (Å²) in [7, 11) is 0. The van der Waals surface area contributed by atoms with Crippen molar-refractivity contribution in [3.05, 3.63) is 29.8 Å². The quantitative estimate of drug-likeness (QED) is 0.853. The summed E-state index contributed by atoms with van der Waals surface area (Å²) in [6, 6.07) is 7.64. The van der Waals surface area contributed by atoms with E-state index in [0.29, 0.717) is 6.61 Å². The summed E-state index contributed by atoms with van der Waals surface area (Å²) in [6.45, 7) is 8.27. The van der Waals surface area contributed by atoms with E-state index in [1.165, 1.54) is 0 Å². The third kappa shape index (κ3) is 4.75. The van der Waals surface area contributed by atoms with Crippen molar-refractivity contribution < 1.29 is 14.6 Å². The molecule has 0 radical (unpaired) electrons. The van der Waals surface area contributed by atoms with Gasteiger partial charge < -0.3 is 14.6 Å². The number of hydrogen-bond acceptors (Lipinski definition) is 4. The van der Waals surface area contributed by atoms with Crippen molar-refractivity contribution in [2.45, 2.75) is 19.4 Å². The second kappa shape index (κ2) is 7.46. The summed E-state index contributed by atoms with van der Waals surface area (Å²) >= 11 is 0. The highest BCUT2D eigenvalue weighted by Crippen LogP contribution is 2.19. The molecule has 1 fully saturated rings. The molecule has 0 unspecified atom stereocenters. The molecule has 1 aromatic carbocycles. The van der Waals surface area contributed by atoms with Gasteiger partial charge in [-0.15, -0.1) is 0 Å². The van der Waals surface area contributed by atoms with Gasteiger partial charge in [0.1, 0.15) is 19.0 Å². The first-order chi connectivity index (χ1) is 10.1. The number of aliphatic hydroxyl groups is 1. The molecule has 1 saturated heterocycles. The Morgan fingerprint density at radius 3 is 3.05 bits per heavy atom. The number of ether oxygens (including phenoxy) is 2. The van der Waals surface area contributed by atoms with Gasteiger partial charge in [-0.25, -0.2) is 0 Å². The van der Waals surface area contributed by atoms with Gasteiger partial charge >= 0.3 is 0 Å². The number of morpholine rings is 1. The highest BCUT2D eigenvalue weighted by molar-refractivity contribution is 5.39. The Morgan fingerprint density at radius 2 is 2.29 bits per heavy atom. The smallest absolute Gasteiger partial charge is 0.120 e. The number of hydrogen-bond donors (Lipinski definition) is 1. The summed E-state index contributed by atoms with van der Waals surface area (Å²) in [5.74, 6) is 6.33. The van der Waals surface area contributed by atoms with Gasteiger partial charge in [0.15, 0.2) is 0 Å². The molecule has 0 amide bonds. The minimum Gasteiger partial charge on any atom is -0.492 e. The van der Waals surface area contributed by atoms with E-state index in [-0.39, 0.29) is 12.1 Å². The SMILES string of the molecule is CC1(C)COCCN1CCOc1cccc(C#CCO)c1. The van der Waals surface area contributed by atoms with Crippen LogP contribution in [0.1, 0.15) is 19.4 Å². The fraction of sp³-hybridized carbons (Fsp3) is 0.529. The lowest BCUT2D eigenvalue weighted by Crippen LogP contribution is -2.54. The fourth-order valence-electron chi connectivity index (χ4n) is 2.38. The van der Waals surface area contributed by atoms with Crippen LogP contribution in [0.5, 0.6) is 5.75 Å². The molecule has 1 aliphatic heterocycles. The molecule has 1 aromatic rings. The number of aliphatic hydroxyl groups excluding tert-OH is 1. The van der Waals surface area contributed by atoms with Gasteiger partial charge in [-0.2, -0.15) is 0 Å². The second-order valence-electron chi connectivity index (χ2n) is 5.69. The first-order valence-corrected chi connectivity index (χ1v) is 7.27. The largest absolute Gasteiger partial charge is 0.492 e. The molecule has 0 bridgehead atoms. The van der Waals surface area contributed by atoms with Crippen LogP contribution in [-0.2, 0) is 4.74 Å². The van der Waals surface area contributed by atoms with E-state index in [2.05, 4.69) is 30.6 Å². The summed E-state index contributed by atoms with van der Waals surface area (Å²) in [6.07, 6.45) is 0. The van der Waals surface area contributed by atoms with E-state index < -0.39 is 0 Å². The zero-order valence-corrected chi connectivity index (χ0v) is 12.8. The molecule has 2 rings (SSSR count). The molecule has 1 aliphatic rings. The molecular formula is C17H23NO3. The molecule has 4 nitrogen and oxygen atoms in total. The van der Waals surface area contributed by atoms with Crippen LogP contribution < -0.4 is 4.74 Å². The molecule has 4 heteroatoms. The van der Waals surface area contributed by atoms with Gasteiger partial charge in [0.25, 0.3) is 0 Å². The Labute approximate surface area is 126 Å². The van der Waals surface area contributed by atoms with Crippen molar-refractivity contribution in [2.75, 3.05) is 39.5 Å². The van der Waals surface area contributed by atoms with Crippen molar-refractivity contribution >= 4 is 0 Å². The van der Waals surface area contributed by atoms with E-state index in [0.717, 1.165) is 37.6 Å². The van der Waals surface area contributed by atoms with Crippen LogP contribution in [0.15, 0.2) is 24.3 Å². The van der Waals surface area contributed by atoms with Crippen LogP contribution in [0.4, 0.5) is 0 Å². The van der Waals surface area contributed by atoms with Crippen molar-refractivity contribution in [1.29, 1.82) is 0 Å². The maximum atomic E-state index is 8.71. The maximum absolute atomic E-state index is 8.71. The maximum Gasteiger partial charge on any atom is 0.120 e. The summed E-state index contributed by atoms with van der Waals surface area (Å²) < 4.78 is 11.3. The first kappa shape index (κ1) is 15.8. The summed E-state index contributed by atoms with van der Waals surface area (Å²) in [5, 5.41) is 8.71. The normalized spacial score (nSPS) is 17.9. The second-order valence-corrected chi connectivity index (χ2v) is 5.69. The molecule has 1 N–H and O–H groups in total. The molecule has 1 heterocycles. The predicted molar refractivity (Wildman–Crippen MR) is 82.4 cm³/mol. The zero-order valence-electron chi connectivity index (χ0n) is 12.8. The molecule has 0 saturated carbocycles. The molecular weight excluding hydrogens is 266 g/mol. The van der Waals surface area contributed by atoms with Gasteiger partial charge in [-0.05, 0) is 32.0 Å². The number of rotatable bonds is 4. The molecule has 21 heavy (non-hydrogen) atoms. The Morgan fingerprint density at radius 1 is 1.43 bits per heavy atom. The summed E-state index contributed by atoms with van der Waals surface area (Å²) in [4.78, 5) is 2.39. The van der Waals surface area contributed by atoms with Crippen LogP contribution in [0.2, 0.25) is 0 Å². The monoisotopic (exact) mass is 289 g/mol. The molecule has 0 atom stereocenters. The molecule has 0 aromatic heterocycles. The van der Waals surface area contributed by atoms with Crippen molar-refractivity contribution in [1.82, 2.24) is 4.90 Å². The van der Waals surface area contributed by atoms with Crippen molar-refractivity contribution in [3.63, 3.8) is 0 Å².